The van der Waals surface area contributed by atoms with Crippen molar-refractivity contribution in [1.29, 1.82) is 0 Å². The van der Waals surface area contributed by atoms with E-state index in [-0.39, 0.29) is 5.75 Å². The summed E-state index contributed by atoms with van der Waals surface area (Å²) in [5.74, 6) is 0.762. The van der Waals surface area contributed by atoms with Crippen molar-refractivity contribution in [3.63, 3.8) is 0 Å². The van der Waals surface area contributed by atoms with Crippen LogP contribution in [-0.4, -0.2) is 12.2 Å². The molecule has 0 heterocycles. The number of hydrogen-bond donors (Lipinski definition) is 2. The van der Waals surface area contributed by atoms with Gasteiger partial charge in [0.05, 0.1) is 18.2 Å². The van der Waals surface area contributed by atoms with Crippen LogP contribution in [0.2, 0.25) is 0 Å². The third-order valence-corrected chi connectivity index (χ3v) is 2.24. The van der Waals surface area contributed by atoms with Gasteiger partial charge in [-0.3, -0.25) is 0 Å². The maximum Gasteiger partial charge on any atom is 0.139 e. The Kier molecular flexibility index (Phi) is 1.93. The van der Waals surface area contributed by atoms with Gasteiger partial charge in [-0.15, -0.1) is 0 Å². The van der Waals surface area contributed by atoms with E-state index < -0.39 is 0 Å². The number of fused-ring (bicyclic) bond motifs is 1. The molecule has 0 saturated carbocycles. The number of rotatable bonds is 1. The molecule has 0 radical (unpaired) electrons. The number of nitrogens with two attached hydrogens (primary N) is 1. The number of benzene rings is 2. The van der Waals surface area contributed by atoms with Crippen LogP contribution in [0.15, 0.2) is 30.3 Å². The van der Waals surface area contributed by atoms with E-state index in [0.717, 1.165) is 10.8 Å². The van der Waals surface area contributed by atoms with Crippen molar-refractivity contribution in [3.05, 3.63) is 30.3 Å². The molecular formula is C11H11NO2. The van der Waals surface area contributed by atoms with E-state index in [2.05, 4.69) is 0 Å². The average molecular weight is 189 g/mol. The largest absolute Gasteiger partial charge is 0.506 e. The lowest BCUT2D eigenvalue weighted by atomic mass is 10.1. The van der Waals surface area contributed by atoms with Crippen molar-refractivity contribution in [2.24, 2.45) is 0 Å². The molecule has 3 heteroatoms. The lowest BCUT2D eigenvalue weighted by molar-refractivity contribution is 0.419. The molecule has 0 aliphatic carbocycles. The zero-order chi connectivity index (χ0) is 10.1. The van der Waals surface area contributed by atoms with Crippen molar-refractivity contribution in [2.75, 3.05) is 12.8 Å². The molecule has 0 atom stereocenters. The lowest BCUT2D eigenvalue weighted by Gasteiger charge is -2.08. The van der Waals surface area contributed by atoms with Gasteiger partial charge < -0.3 is 15.6 Å². The van der Waals surface area contributed by atoms with Gasteiger partial charge in [0.1, 0.15) is 11.5 Å². The third kappa shape index (κ3) is 1.14. The number of phenolic OH excluding ortho intramolecular Hbond substituents is 1. The molecule has 0 bridgehead atoms. The summed E-state index contributed by atoms with van der Waals surface area (Å²) in [4.78, 5) is 0. The first-order chi connectivity index (χ1) is 6.74. The van der Waals surface area contributed by atoms with Crippen molar-refractivity contribution < 1.29 is 9.84 Å². The molecule has 0 unspecified atom stereocenters. The highest BCUT2D eigenvalue weighted by Crippen LogP contribution is 2.35. The second-order valence-electron chi connectivity index (χ2n) is 3.06. The number of phenols is 1. The first-order valence-corrected chi connectivity index (χ1v) is 4.28. The molecule has 0 amide bonds. The standard InChI is InChI=1S/C11H11NO2/c1-14-9-4-2-3-7-5-6-8(13)11(12)10(7)9/h2-6,13H,12H2,1H3. The fourth-order valence-corrected chi connectivity index (χ4v) is 1.53. The summed E-state index contributed by atoms with van der Waals surface area (Å²) < 4.78 is 5.17. The van der Waals surface area contributed by atoms with Crippen LogP contribution < -0.4 is 10.5 Å². The normalized spacial score (nSPS) is 10.4. The summed E-state index contributed by atoms with van der Waals surface area (Å²) in [7, 11) is 1.58. The lowest BCUT2D eigenvalue weighted by Crippen LogP contribution is -1.91. The Hall–Kier alpha value is -1.90. The Bertz CT molecular complexity index is 480. The highest BCUT2D eigenvalue weighted by molar-refractivity contribution is 6.00. The minimum absolute atomic E-state index is 0.0852. The molecule has 14 heavy (non-hydrogen) atoms. The summed E-state index contributed by atoms with van der Waals surface area (Å²) in [6, 6.07) is 9.02. The third-order valence-electron chi connectivity index (χ3n) is 2.24. The Balaban J connectivity index is 2.89. The summed E-state index contributed by atoms with van der Waals surface area (Å²) in [5, 5.41) is 11.2. The Morgan fingerprint density at radius 2 is 2.00 bits per heavy atom. The molecule has 0 aromatic heterocycles. The van der Waals surface area contributed by atoms with Gasteiger partial charge in [-0.25, -0.2) is 0 Å². The van der Waals surface area contributed by atoms with Gasteiger partial charge in [0.15, 0.2) is 0 Å². The summed E-state index contributed by atoms with van der Waals surface area (Å²) in [5.41, 5.74) is 6.13. The fraction of sp³-hybridized carbons (Fsp3) is 0.0909. The Morgan fingerprint density at radius 1 is 1.21 bits per heavy atom. The highest BCUT2D eigenvalue weighted by atomic mass is 16.5. The number of aromatic hydroxyl groups is 1. The van der Waals surface area contributed by atoms with Crippen molar-refractivity contribution in [1.82, 2.24) is 0 Å². The van der Waals surface area contributed by atoms with Gasteiger partial charge >= 0.3 is 0 Å². The van der Waals surface area contributed by atoms with Crippen LogP contribution in [0.3, 0.4) is 0 Å². The maximum atomic E-state index is 9.46. The highest BCUT2D eigenvalue weighted by Gasteiger charge is 2.07. The first kappa shape index (κ1) is 8.69. The summed E-state index contributed by atoms with van der Waals surface area (Å²) >= 11 is 0. The van der Waals surface area contributed by atoms with Crippen LogP contribution in [0, 0.1) is 0 Å². The zero-order valence-electron chi connectivity index (χ0n) is 7.82. The second-order valence-corrected chi connectivity index (χ2v) is 3.06. The summed E-state index contributed by atoms with van der Waals surface area (Å²) in [6.07, 6.45) is 0. The molecule has 0 fully saturated rings. The van der Waals surface area contributed by atoms with Gasteiger partial charge in [0.25, 0.3) is 0 Å². The molecule has 0 saturated heterocycles. The molecule has 0 spiro atoms. The van der Waals surface area contributed by atoms with E-state index in [0.29, 0.717) is 11.4 Å². The maximum absolute atomic E-state index is 9.46. The number of ether oxygens (including phenoxy) is 1. The molecule has 2 aromatic carbocycles. The van der Waals surface area contributed by atoms with E-state index in [1.165, 1.54) is 0 Å². The van der Waals surface area contributed by atoms with E-state index in [1.54, 1.807) is 13.2 Å². The minimum Gasteiger partial charge on any atom is -0.506 e. The monoisotopic (exact) mass is 189 g/mol. The smallest absolute Gasteiger partial charge is 0.139 e. The zero-order valence-corrected chi connectivity index (χ0v) is 7.82. The molecule has 3 N–H and O–H groups in total. The van der Waals surface area contributed by atoms with Crippen molar-refractivity contribution in [3.8, 4) is 11.5 Å². The molecule has 2 rings (SSSR count). The van der Waals surface area contributed by atoms with E-state index in [4.69, 9.17) is 10.5 Å². The second kappa shape index (κ2) is 3.10. The molecule has 72 valence electrons. The van der Waals surface area contributed by atoms with Crippen LogP contribution in [0.5, 0.6) is 11.5 Å². The molecule has 3 nitrogen and oxygen atoms in total. The van der Waals surface area contributed by atoms with E-state index in [1.807, 2.05) is 24.3 Å². The van der Waals surface area contributed by atoms with Crippen LogP contribution in [0.4, 0.5) is 5.69 Å². The quantitative estimate of drug-likeness (QED) is 0.533. The Labute approximate surface area is 81.7 Å². The van der Waals surface area contributed by atoms with Crippen LogP contribution in [0.1, 0.15) is 0 Å². The number of hydrogen-bond acceptors (Lipinski definition) is 3. The minimum atomic E-state index is 0.0852. The van der Waals surface area contributed by atoms with Gasteiger partial charge in [0, 0.05) is 0 Å². The topological polar surface area (TPSA) is 55.5 Å². The van der Waals surface area contributed by atoms with Gasteiger partial charge in [-0.1, -0.05) is 18.2 Å². The number of anilines is 1. The SMILES string of the molecule is COc1cccc2ccc(O)c(N)c12. The van der Waals surface area contributed by atoms with Gasteiger partial charge in [-0.2, -0.15) is 0 Å². The van der Waals surface area contributed by atoms with E-state index in [9.17, 15) is 5.11 Å². The number of methoxy groups -OCH3 is 1. The van der Waals surface area contributed by atoms with Gasteiger partial charge in [-0.05, 0) is 17.5 Å². The van der Waals surface area contributed by atoms with Crippen LogP contribution in [-0.2, 0) is 0 Å². The molecular weight excluding hydrogens is 178 g/mol. The van der Waals surface area contributed by atoms with Crippen molar-refractivity contribution >= 4 is 16.5 Å². The Morgan fingerprint density at radius 3 is 2.71 bits per heavy atom. The van der Waals surface area contributed by atoms with Gasteiger partial charge in [0.2, 0.25) is 0 Å². The average Bonchev–Trinajstić information content (AvgIpc) is 2.23. The molecule has 0 aliphatic heterocycles. The molecule has 0 aliphatic rings. The molecule has 2 aromatic rings. The predicted octanol–water partition coefficient (Wildman–Crippen LogP) is 2.14. The van der Waals surface area contributed by atoms with Crippen LogP contribution >= 0.6 is 0 Å². The van der Waals surface area contributed by atoms with Crippen molar-refractivity contribution in [2.45, 2.75) is 0 Å². The fourth-order valence-electron chi connectivity index (χ4n) is 1.53. The van der Waals surface area contributed by atoms with E-state index >= 15 is 0 Å². The van der Waals surface area contributed by atoms with Crippen LogP contribution in [0.25, 0.3) is 10.8 Å². The predicted molar refractivity (Wildman–Crippen MR) is 56.6 cm³/mol. The first-order valence-electron chi connectivity index (χ1n) is 4.28. The number of nitrogen functional groups attached to an aromatic ring is 1. The summed E-state index contributed by atoms with van der Waals surface area (Å²) in [6.45, 7) is 0.